The molecule has 6 nitrogen and oxygen atoms in total. The maximum atomic E-state index is 10.6. The van der Waals surface area contributed by atoms with Gasteiger partial charge in [0, 0.05) is 37.3 Å². The van der Waals surface area contributed by atoms with Crippen LogP contribution in [0, 0.1) is 10.1 Å². The Morgan fingerprint density at radius 2 is 1.88 bits per heavy atom. The maximum Gasteiger partial charge on any atom is 0.219 e. The van der Waals surface area contributed by atoms with Crippen molar-refractivity contribution in [1.82, 2.24) is 5.32 Å². The minimum Gasteiger partial charge on any atom is -0.394 e. The summed E-state index contributed by atoms with van der Waals surface area (Å²) in [4.78, 5) is 10.3. The van der Waals surface area contributed by atoms with Crippen LogP contribution in [0.25, 0.3) is 0 Å². The van der Waals surface area contributed by atoms with E-state index in [2.05, 4.69) is 5.32 Å². The predicted molar refractivity (Wildman–Crippen MR) is 60.9 cm³/mol. The van der Waals surface area contributed by atoms with E-state index in [1.54, 1.807) is 13.8 Å². The minimum absolute atomic E-state index is 0.0572. The summed E-state index contributed by atoms with van der Waals surface area (Å²) in [6.45, 7) is 6.71. The maximum absolute atomic E-state index is 10.6. The van der Waals surface area contributed by atoms with Crippen LogP contribution in [-0.4, -0.2) is 45.5 Å². The molecule has 96 valence electrons. The first-order valence-electron chi connectivity index (χ1n) is 5.29. The number of aliphatic hydroxyl groups excluding tert-OH is 2. The molecule has 1 atom stereocenters. The molecule has 1 unspecified atom stereocenters. The average molecular weight is 234 g/mol. The van der Waals surface area contributed by atoms with E-state index in [4.69, 9.17) is 5.11 Å². The van der Waals surface area contributed by atoms with Gasteiger partial charge in [0.05, 0.1) is 12.7 Å². The number of nitro groups is 1. The molecular weight excluding hydrogens is 212 g/mol. The van der Waals surface area contributed by atoms with Gasteiger partial charge in [0.1, 0.15) is 0 Å². The van der Waals surface area contributed by atoms with E-state index in [1.807, 2.05) is 0 Å². The molecule has 0 saturated carbocycles. The van der Waals surface area contributed by atoms with Crippen LogP contribution in [0.3, 0.4) is 0 Å². The minimum atomic E-state index is -1.13. The predicted octanol–water partition coefficient (Wildman–Crippen LogP) is 0.153. The fourth-order valence-electron chi connectivity index (χ4n) is 1.17. The number of hydrogen-bond acceptors (Lipinski definition) is 5. The van der Waals surface area contributed by atoms with Crippen molar-refractivity contribution in [3.63, 3.8) is 0 Å². The molecule has 16 heavy (non-hydrogen) atoms. The highest BCUT2D eigenvalue weighted by molar-refractivity contribution is 4.80. The Balaban J connectivity index is 4.10. The molecule has 0 aliphatic heterocycles. The largest absolute Gasteiger partial charge is 0.394 e. The SMILES string of the molecule is CC(C)(CO)NCC(O)CC(C)(C)[N+](=O)[O-]. The van der Waals surface area contributed by atoms with Crippen molar-refractivity contribution < 1.29 is 15.1 Å². The van der Waals surface area contributed by atoms with E-state index in [0.29, 0.717) is 0 Å². The zero-order valence-electron chi connectivity index (χ0n) is 10.4. The number of nitrogens with zero attached hydrogens (tertiary/aromatic N) is 1. The van der Waals surface area contributed by atoms with Gasteiger partial charge in [0.25, 0.3) is 0 Å². The Bertz CT molecular complexity index is 241. The van der Waals surface area contributed by atoms with Gasteiger partial charge in [-0.05, 0) is 13.8 Å². The van der Waals surface area contributed by atoms with Gasteiger partial charge in [-0.3, -0.25) is 10.1 Å². The van der Waals surface area contributed by atoms with Crippen LogP contribution in [0.15, 0.2) is 0 Å². The van der Waals surface area contributed by atoms with Crippen LogP contribution < -0.4 is 5.32 Å². The first-order chi connectivity index (χ1) is 7.10. The average Bonchev–Trinajstić information content (AvgIpc) is 2.14. The number of hydrogen-bond donors (Lipinski definition) is 3. The topological polar surface area (TPSA) is 95.6 Å². The first kappa shape index (κ1) is 15.3. The second kappa shape index (κ2) is 5.56. The molecule has 0 radical (unpaired) electrons. The molecule has 0 aliphatic carbocycles. The number of rotatable bonds is 7. The highest BCUT2D eigenvalue weighted by Crippen LogP contribution is 2.15. The molecule has 0 heterocycles. The lowest BCUT2D eigenvalue weighted by atomic mass is 9.97. The molecule has 0 aromatic heterocycles. The number of aliphatic hydroxyl groups is 2. The molecule has 6 heteroatoms. The second-order valence-corrected chi connectivity index (χ2v) is 5.35. The lowest BCUT2D eigenvalue weighted by molar-refractivity contribution is -0.563. The van der Waals surface area contributed by atoms with Crippen LogP contribution in [0.5, 0.6) is 0 Å². The van der Waals surface area contributed by atoms with Gasteiger partial charge in [0.15, 0.2) is 0 Å². The molecule has 3 N–H and O–H groups in total. The third kappa shape index (κ3) is 5.39. The Morgan fingerprint density at radius 1 is 1.38 bits per heavy atom. The highest BCUT2D eigenvalue weighted by Gasteiger charge is 2.33. The van der Waals surface area contributed by atoms with Crippen LogP contribution in [0.1, 0.15) is 34.1 Å². The highest BCUT2D eigenvalue weighted by atomic mass is 16.6. The summed E-state index contributed by atoms with van der Waals surface area (Å²) in [6, 6.07) is 0. The second-order valence-electron chi connectivity index (χ2n) is 5.35. The van der Waals surface area contributed by atoms with Crippen LogP contribution in [0.4, 0.5) is 0 Å². The fraction of sp³-hybridized carbons (Fsp3) is 1.00. The Kier molecular flexibility index (Phi) is 5.31. The molecular formula is C10H22N2O4. The monoisotopic (exact) mass is 234 g/mol. The van der Waals surface area contributed by atoms with Crippen LogP contribution in [-0.2, 0) is 0 Å². The van der Waals surface area contributed by atoms with Gasteiger partial charge in [-0.1, -0.05) is 0 Å². The van der Waals surface area contributed by atoms with Crippen LogP contribution in [0.2, 0.25) is 0 Å². The van der Waals surface area contributed by atoms with Crippen molar-refractivity contribution in [2.75, 3.05) is 13.2 Å². The normalized spacial score (nSPS) is 14.9. The first-order valence-corrected chi connectivity index (χ1v) is 5.29. The van der Waals surface area contributed by atoms with E-state index < -0.39 is 22.1 Å². The molecule has 0 aromatic rings. The molecule has 0 fully saturated rings. The molecule has 0 amide bonds. The molecule has 0 aromatic carbocycles. The molecule has 0 spiro atoms. The van der Waals surface area contributed by atoms with Crippen molar-refractivity contribution in [3.8, 4) is 0 Å². The Labute approximate surface area is 95.8 Å². The third-order valence-corrected chi connectivity index (χ3v) is 2.44. The summed E-state index contributed by atoms with van der Waals surface area (Å²) in [5.74, 6) is 0. The zero-order chi connectivity index (χ0) is 13.0. The van der Waals surface area contributed by atoms with Gasteiger partial charge in [-0.25, -0.2) is 0 Å². The summed E-state index contributed by atoms with van der Waals surface area (Å²) < 4.78 is 0. The Hall–Kier alpha value is -0.720. The van der Waals surface area contributed by atoms with Crippen molar-refractivity contribution in [3.05, 3.63) is 10.1 Å². The number of nitrogens with one attached hydrogen (secondary N) is 1. The summed E-state index contributed by atoms with van der Waals surface area (Å²) in [7, 11) is 0. The zero-order valence-corrected chi connectivity index (χ0v) is 10.4. The number of β-amino-alcohol motifs (C(OH)–C–C–N with tert-alkyl or cyclic N) is 1. The van der Waals surface area contributed by atoms with Gasteiger partial charge in [-0.2, -0.15) is 0 Å². The van der Waals surface area contributed by atoms with E-state index in [0.717, 1.165) is 0 Å². The summed E-state index contributed by atoms with van der Waals surface area (Å²) >= 11 is 0. The molecule has 0 aliphatic rings. The quantitative estimate of drug-likeness (QED) is 0.430. The fourth-order valence-corrected chi connectivity index (χ4v) is 1.17. The lowest BCUT2D eigenvalue weighted by Gasteiger charge is -2.26. The van der Waals surface area contributed by atoms with E-state index in [9.17, 15) is 15.2 Å². The van der Waals surface area contributed by atoms with Gasteiger partial charge in [-0.15, -0.1) is 0 Å². The summed E-state index contributed by atoms with van der Waals surface area (Å²) in [5.41, 5.74) is -1.62. The third-order valence-electron chi connectivity index (χ3n) is 2.44. The standard InChI is InChI=1S/C10H22N2O4/c1-9(2,7-13)11-6-8(14)5-10(3,4)12(15)16/h8,11,13-14H,5-7H2,1-4H3. The van der Waals surface area contributed by atoms with E-state index in [-0.39, 0.29) is 19.6 Å². The summed E-state index contributed by atoms with van der Waals surface area (Å²) in [6.07, 6.45) is -0.722. The van der Waals surface area contributed by atoms with Crippen molar-refractivity contribution in [2.24, 2.45) is 0 Å². The van der Waals surface area contributed by atoms with E-state index in [1.165, 1.54) is 13.8 Å². The van der Waals surface area contributed by atoms with Crippen molar-refractivity contribution >= 4 is 0 Å². The van der Waals surface area contributed by atoms with Crippen molar-refractivity contribution in [2.45, 2.75) is 51.3 Å². The smallest absolute Gasteiger partial charge is 0.219 e. The molecule has 0 saturated heterocycles. The Morgan fingerprint density at radius 3 is 2.25 bits per heavy atom. The van der Waals surface area contributed by atoms with Gasteiger partial charge in [0.2, 0.25) is 5.54 Å². The molecule has 0 rings (SSSR count). The van der Waals surface area contributed by atoms with E-state index >= 15 is 0 Å². The van der Waals surface area contributed by atoms with Crippen LogP contribution >= 0.6 is 0 Å². The molecule has 0 bridgehead atoms. The van der Waals surface area contributed by atoms with Gasteiger partial charge < -0.3 is 15.5 Å². The van der Waals surface area contributed by atoms with Gasteiger partial charge >= 0.3 is 0 Å². The van der Waals surface area contributed by atoms with Crippen molar-refractivity contribution in [1.29, 1.82) is 0 Å². The summed E-state index contributed by atoms with van der Waals surface area (Å²) in [5, 5.41) is 32.2. The lowest BCUT2D eigenvalue weighted by Crippen LogP contribution is -2.48.